The van der Waals surface area contributed by atoms with E-state index in [0.717, 1.165) is 37.1 Å². The number of nitrogens with one attached hydrogen (secondary N) is 1. The molecule has 1 saturated carbocycles. The highest BCUT2D eigenvalue weighted by atomic mass is 15.2. The molecule has 0 aromatic heterocycles. The van der Waals surface area contributed by atoms with Crippen LogP contribution in [0, 0.1) is 5.92 Å². The minimum Gasteiger partial charge on any atom is -0.398 e. The van der Waals surface area contributed by atoms with Gasteiger partial charge in [-0.1, -0.05) is 18.7 Å². The number of hydrogen-bond donors (Lipinski definition) is 2. The Morgan fingerprint density at radius 3 is 2.74 bits per heavy atom. The van der Waals surface area contributed by atoms with Crippen molar-refractivity contribution in [3.05, 3.63) is 59.2 Å². The van der Waals surface area contributed by atoms with Crippen LogP contribution < -0.4 is 11.1 Å². The maximum Gasteiger partial charge on any atom is 0.110 e. The molecule has 3 N–H and O–H groups in total. The number of piperidine rings is 1. The van der Waals surface area contributed by atoms with Gasteiger partial charge in [-0.05, 0) is 89.0 Å². The van der Waals surface area contributed by atoms with Gasteiger partial charge in [0.1, 0.15) is 6.04 Å². The zero-order valence-corrected chi connectivity index (χ0v) is 23.7. The Kier molecular flexibility index (Phi) is 10.2. The minimum absolute atomic E-state index is 0.0568. The van der Waals surface area contributed by atoms with Gasteiger partial charge in [0, 0.05) is 62.1 Å². The first-order valence-corrected chi connectivity index (χ1v) is 14.4. The van der Waals surface area contributed by atoms with Gasteiger partial charge >= 0.3 is 0 Å². The lowest BCUT2D eigenvalue weighted by atomic mass is 9.82. The van der Waals surface area contributed by atoms with Crippen LogP contribution in [-0.2, 0) is 0 Å². The molecule has 2 atom stereocenters. The van der Waals surface area contributed by atoms with E-state index >= 15 is 0 Å². The molecule has 0 aromatic rings. The summed E-state index contributed by atoms with van der Waals surface area (Å²) in [6.07, 6.45) is 23.4. The first-order chi connectivity index (χ1) is 18.4. The van der Waals surface area contributed by atoms with Crippen LogP contribution in [0.25, 0.3) is 0 Å². The first-order valence-electron chi connectivity index (χ1n) is 14.4. The smallest absolute Gasteiger partial charge is 0.110 e. The molecular formula is C31H47N7. The lowest BCUT2D eigenvalue weighted by Gasteiger charge is -2.33. The molecule has 1 unspecified atom stereocenters. The van der Waals surface area contributed by atoms with Crippen LogP contribution in [0.1, 0.15) is 64.7 Å². The molecule has 2 aliphatic carbocycles. The zero-order valence-electron chi connectivity index (χ0n) is 23.7. The Morgan fingerprint density at radius 1 is 1.26 bits per heavy atom. The average Bonchev–Trinajstić information content (AvgIpc) is 2.93. The number of likely N-dealkylation sites (tertiary alicyclic amines) is 1. The zero-order chi connectivity index (χ0) is 26.9. The Labute approximate surface area is 229 Å². The minimum atomic E-state index is 0.0568. The van der Waals surface area contributed by atoms with Crippen molar-refractivity contribution in [3.8, 4) is 0 Å². The van der Waals surface area contributed by atoms with Crippen LogP contribution >= 0.6 is 0 Å². The normalized spacial score (nSPS) is 28.3. The van der Waals surface area contributed by atoms with Crippen LogP contribution in [0.3, 0.4) is 0 Å². The molecule has 0 spiro atoms. The molecule has 2 fully saturated rings. The molecule has 0 bridgehead atoms. The van der Waals surface area contributed by atoms with Gasteiger partial charge < -0.3 is 16.0 Å². The lowest BCUT2D eigenvalue weighted by Crippen LogP contribution is -2.30. The molecule has 4 rings (SSSR count). The van der Waals surface area contributed by atoms with Crippen molar-refractivity contribution in [2.24, 2.45) is 26.6 Å². The topological polar surface area (TPSA) is 81.6 Å². The Balaban J connectivity index is 1.39. The highest BCUT2D eigenvalue weighted by molar-refractivity contribution is 6.17. The third-order valence-corrected chi connectivity index (χ3v) is 8.31. The second-order valence-corrected chi connectivity index (χ2v) is 11.1. The van der Waals surface area contributed by atoms with Crippen LogP contribution in [0.15, 0.2) is 74.2 Å². The largest absolute Gasteiger partial charge is 0.398 e. The number of aliphatic imine (C=N–C) groups is 3. The molecule has 4 aliphatic rings. The van der Waals surface area contributed by atoms with Crippen LogP contribution in [0.2, 0.25) is 0 Å². The molecule has 2 aliphatic heterocycles. The molecule has 1 saturated heterocycles. The Bertz CT molecular complexity index is 1040. The number of fused-ring (bicyclic) bond motifs is 1. The van der Waals surface area contributed by atoms with Gasteiger partial charge in [-0.3, -0.25) is 19.9 Å². The summed E-state index contributed by atoms with van der Waals surface area (Å²) in [6.45, 7) is 9.05. The summed E-state index contributed by atoms with van der Waals surface area (Å²) in [5.41, 5.74) is 12.6. The molecule has 2 heterocycles. The third kappa shape index (κ3) is 7.56. The Morgan fingerprint density at radius 2 is 2.03 bits per heavy atom. The number of hydrogen-bond acceptors (Lipinski definition) is 7. The van der Waals surface area contributed by atoms with Crippen LogP contribution in [0.4, 0.5) is 0 Å². The molecule has 7 nitrogen and oxygen atoms in total. The molecule has 7 heteroatoms. The first kappa shape index (κ1) is 28.1. The summed E-state index contributed by atoms with van der Waals surface area (Å²) in [4.78, 5) is 19.4. The third-order valence-electron chi connectivity index (χ3n) is 8.31. The van der Waals surface area contributed by atoms with Crippen molar-refractivity contribution in [3.63, 3.8) is 0 Å². The maximum atomic E-state index is 5.87. The van der Waals surface area contributed by atoms with Gasteiger partial charge in [0.15, 0.2) is 0 Å². The second-order valence-electron chi connectivity index (χ2n) is 11.1. The average molecular weight is 518 g/mol. The van der Waals surface area contributed by atoms with Gasteiger partial charge in [0.25, 0.3) is 0 Å². The number of likely N-dealkylation sites (N-methyl/N-ethyl adjacent to an activating group) is 2. The van der Waals surface area contributed by atoms with Crippen molar-refractivity contribution in [1.82, 2.24) is 15.1 Å². The summed E-state index contributed by atoms with van der Waals surface area (Å²) in [5, 5.41) is 3.12. The summed E-state index contributed by atoms with van der Waals surface area (Å²) in [5.74, 6) is 0.661. The maximum absolute atomic E-state index is 5.87. The number of rotatable bonds is 9. The summed E-state index contributed by atoms with van der Waals surface area (Å²) in [7, 11) is 3.98. The number of nitrogens with two attached hydrogens (primary N) is 1. The quantitative estimate of drug-likeness (QED) is 0.334. The van der Waals surface area contributed by atoms with Crippen molar-refractivity contribution < 1.29 is 0 Å². The van der Waals surface area contributed by atoms with E-state index in [2.05, 4.69) is 60.0 Å². The standard InChI is InChI=1S/C31H47N7/c1-23(19-30(33-3)24(2)32)37(4)22-36-27-13-11-25(12-14-27)20-26-21-28(38-17-6-5-7-18-38)9-8-10-29-31(26)35-16-15-34-29/h8,10,15-16,19,21,23,25,29,33H,2,5-7,9,11-14,17-18,20,22,32H2,1,3-4H3/b10-8?,28-21+,30-19-,31-26+,36-27?/t23?,25?,29-/m0/s1. The predicted molar refractivity (Wildman–Crippen MR) is 162 cm³/mol. The van der Waals surface area contributed by atoms with E-state index < -0.39 is 0 Å². The van der Waals surface area contributed by atoms with Gasteiger partial charge in [-0.2, -0.15) is 0 Å². The summed E-state index contributed by atoms with van der Waals surface area (Å²) >= 11 is 0. The SMILES string of the molecule is C=C(N)/C(=C/C(C)N(C)CN=C1CCC(CC2=C3\N=CC=N[C@H]3C=CC/C(N3CCCCC3)=C\2)CC1)NC. The molecule has 0 radical (unpaired) electrons. The summed E-state index contributed by atoms with van der Waals surface area (Å²) < 4.78 is 0. The fourth-order valence-electron chi connectivity index (χ4n) is 5.77. The molecule has 206 valence electrons. The fraction of sp³-hybridized carbons (Fsp3) is 0.581. The lowest BCUT2D eigenvalue weighted by molar-refractivity contribution is 0.280. The van der Waals surface area contributed by atoms with Gasteiger partial charge in [-0.25, -0.2) is 0 Å². The Hall–Kier alpha value is -2.93. The molecule has 38 heavy (non-hydrogen) atoms. The van der Waals surface area contributed by atoms with Gasteiger partial charge in [-0.15, -0.1) is 0 Å². The molecule has 0 amide bonds. The van der Waals surface area contributed by atoms with Gasteiger partial charge in [0.2, 0.25) is 0 Å². The second kappa shape index (κ2) is 13.7. The van der Waals surface area contributed by atoms with Crippen LogP contribution in [0.5, 0.6) is 0 Å². The fourth-order valence-corrected chi connectivity index (χ4v) is 5.77. The molecular weight excluding hydrogens is 470 g/mol. The predicted octanol–water partition coefficient (Wildman–Crippen LogP) is 4.97. The number of nitrogens with zero attached hydrogens (tertiary/aromatic N) is 5. The van der Waals surface area contributed by atoms with E-state index in [1.165, 1.54) is 62.2 Å². The molecule has 0 aromatic carbocycles. The van der Waals surface area contributed by atoms with E-state index in [1.54, 1.807) is 0 Å². The highest BCUT2D eigenvalue weighted by Gasteiger charge is 2.24. The van der Waals surface area contributed by atoms with E-state index in [-0.39, 0.29) is 12.1 Å². The monoisotopic (exact) mass is 517 g/mol. The van der Waals surface area contributed by atoms with Crippen molar-refractivity contribution in [1.29, 1.82) is 0 Å². The van der Waals surface area contributed by atoms with Crippen molar-refractivity contribution in [2.75, 3.05) is 33.9 Å². The van der Waals surface area contributed by atoms with Gasteiger partial charge in [0.05, 0.1) is 18.1 Å². The van der Waals surface area contributed by atoms with Crippen molar-refractivity contribution in [2.45, 2.75) is 76.8 Å². The van der Waals surface area contributed by atoms with E-state index in [1.807, 2.05) is 19.5 Å². The van der Waals surface area contributed by atoms with E-state index in [4.69, 9.17) is 20.7 Å². The van der Waals surface area contributed by atoms with E-state index in [0.29, 0.717) is 18.3 Å². The summed E-state index contributed by atoms with van der Waals surface area (Å²) in [6, 6.07) is 0.272. The highest BCUT2D eigenvalue weighted by Crippen LogP contribution is 2.34. The van der Waals surface area contributed by atoms with E-state index in [9.17, 15) is 0 Å². The number of allylic oxidation sites excluding steroid dienone is 3. The van der Waals surface area contributed by atoms with Crippen LogP contribution in [-0.4, -0.2) is 73.9 Å². The van der Waals surface area contributed by atoms with Crippen molar-refractivity contribution >= 4 is 18.1 Å².